The van der Waals surface area contributed by atoms with Crippen LogP contribution in [0.15, 0.2) is 0 Å². The molecule has 0 aromatic rings. The maximum absolute atomic E-state index is 11.4. The summed E-state index contributed by atoms with van der Waals surface area (Å²) >= 11 is 0. The molecule has 3 N–H and O–H groups in total. The summed E-state index contributed by atoms with van der Waals surface area (Å²) in [6.07, 6.45) is 0.125. The van der Waals surface area contributed by atoms with E-state index >= 15 is 0 Å². The molecule has 0 aromatic carbocycles. The van der Waals surface area contributed by atoms with Crippen LogP contribution in [0, 0.1) is 5.92 Å². The molecule has 0 aliphatic heterocycles. The third-order valence-electron chi connectivity index (χ3n) is 2.15. The van der Waals surface area contributed by atoms with Crippen molar-refractivity contribution in [3.05, 3.63) is 0 Å². The van der Waals surface area contributed by atoms with Gasteiger partial charge in [0, 0.05) is 6.42 Å². The summed E-state index contributed by atoms with van der Waals surface area (Å²) in [5.74, 6) is -2.05. The molecular weight excluding hydrogens is 262 g/mol. The second-order valence-corrected chi connectivity index (χ2v) is 6.05. The Hall–Kier alpha value is -1.15. The summed E-state index contributed by atoms with van der Waals surface area (Å²) < 4.78 is 29.3. The van der Waals surface area contributed by atoms with Crippen molar-refractivity contribution in [1.82, 2.24) is 5.32 Å². The standard InChI is InChI=1S/C10H19NO6S/c1-7(2)6-8(10(13)14)11-9(12)4-3-5-18(15,16)17/h7-8H,3-6H2,1-2H3,(H,11,12)(H,13,14)(H,15,16,17)/t8-/m0/s1. The van der Waals surface area contributed by atoms with Crippen LogP contribution in [0.4, 0.5) is 0 Å². The third-order valence-corrected chi connectivity index (χ3v) is 2.95. The number of aliphatic carboxylic acids is 1. The lowest BCUT2D eigenvalue weighted by Gasteiger charge is -2.16. The first kappa shape index (κ1) is 16.9. The smallest absolute Gasteiger partial charge is 0.326 e. The van der Waals surface area contributed by atoms with Crippen LogP contribution in [0.1, 0.15) is 33.1 Å². The van der Waals surface area contributed by atoms with Gasteiger partial charge in [-0.25, -0.2) is 4.79 Å². The van der Waals surface area contributed by atoms with Gasteiger partial charge in [0.1, 0.15) is 6.04 Å². The van der Waals surface area contributed by atoms with E-state index in [1.54, 1.807) is 0 Å². The maximum atomic E-state index is 11.4. The molecule has 0 aliphatic rings. The molecule has 0 fully saturated rings. The van der Waals surface area contributed by atoms with Crippen molar-refractivity contribution < 1.29 is 27.7 Å². The number of carboxylic acids is 1. The van der Waals surface area contributed by atoms with Gasteiger partial charge in [-0.2, -0.15) is 8.42 Å². The number of hydrogen-bond donors (Lipinski definition) is 3. The quantitative estimate of drug-likeness (QED) is 0.549. The van der Waals surface area contributed by atoms with E-state index in [4.69, 9.17) is 9.66 Å². The van der Waals surface area contributed by atoms with Gasteiger partial charge in [-0.1, -0.05) is 13.8 Å². The fraction of sp³-hybridized carbons (Fsp3) is 0.800. The molecule has 0 spiro atoms. The highest BCUT2D eigenvalue weighted by atomic mass is 32.2. The summed E-state index contributed by atoms with van der Waals surface area (Å²) in [4.78, 5) is 22.2. The van der Waals surface area contributed by atoms with Crippen molar-refractivity contribution in [3.8, 4) is 0 Å². The Morgan fingerprint density at radius 3 is 2.22 bits per heavy atom. The van der Waals surface area contributed by atoms with Gasteiger partial charge in [-0.15, -0.1) is 0 Å². The highest BCUT2D eigenvalue weighted by molar-refractivity contribution is 7.85. The molecule has 0 saturated carbocycles. The van der Waals surface area contributed by atoms with Crippen LogP contribution in [0.3, 0.4) is 0 Å². The van der Waals surface area contributed by atoms with Gasteiger partial charge in [0.15, 0.2) is 0 Å². The van der Waals surface area contributed by atoms with Gasteiger partial charge < -0.3 is 10.4 Å². The number of rotatable bonds is 8. The maximum Gasteiger partial charge on any atom is 0.326 e. The average molecular weight is 281 g/mol. The van der Waals surface area contributed by atoms with E-state index in [9.17, 15) is 18.0 Å². The zero-order valence-corrected chi connectivity index (χ0v) is 11.2. The Bertz CT molecular complexity index is 389. The summed E-state index contributed by atoms with van der Waals surface area (Å²) in [6.45, 7) is 3.67. The normalized spacial score (nSPS) is 13.3. The molecule has 0 saturated heterocycles. The molecule has 8 heteroatoms. The molecule has 0 rings (SSSR count). The molecule has 0 bridgehead atoms. The van der Waals surface area contributed by atoms with Gasteiger partial charge in [-0.3, -0.25) is 9.35 Å². The van der Waals surface area contributed by atoms with Crippen LogP contribution >= 0.6 is 0 Å². The van der Waals surface area contributed by atoms with Crippen molar-refractivity contribution in [2.45, 2.75) is 39.2 Å². The second-order valence-electron chi connectivity index (χ2n) is 4.48. The fourth-order valence-corrected chi connectivity index (χ4v) is 1.88. The molecule has 0 aromatic heterocycles. The summed E-state index contributed by atoms with van der Waals surface area (Å²) in [5.41, 5.74) is 0. The molecule has 1 atom stereocenters. The number of hydrogen-bond acceptors (Lipinski definition) is 4. The lowest BCUT2D eigenvalue weighted by Crippen LogP contribution is -2.41. The van der Waals surface area contributed by atoms with Gasteiger partial charge in [0.05, 0.1) is 5.75 Å². The molecular formula is C10H19NO6S. The van der Waals surface area contributed by atoms with Crippen molar-refractivity contribution in [1.29, 1.82) is 0 Å². The third kappa shape index (κ3) is 8.94. The molecule has 0 unspecified atom stereocenters. The molecule has 18 heavy (non-hydrogen) atoms. The average Bonchev–Trinajstić information content (AvgIpc) is 2.13. The van der Waals surface area contributed by atoms with Crippen LogP contribution in [-0.4, -0.2) is 41.7 Å². The van der Waals surface area contributed by atoms with Crippen molar-refractivity contribution >= 4 is 22.0 Å². The van der Waals surface area contributed by atoms with E-state index in [0.717, 1.165) is 0 Å². The first-order valence-corrected chi connectivity index (χ1v) is 7.20. The monoisotopic (exact) mass is 281 g/mol. The van der Waals surface area contributed by atoms with E-state index in [1.807, 2.05) is 13.8 Å². The van der Waals surface area contributed by atoms with Gasteiger partial charge >= 0.3 is 5.97 Å². The predicted molar refractivity (Wildman–Crippen MR) is 64.7 cm³/mol. The zero-order valence-electron chi connectivity index (χ0n) is 10.4. The van der Waals surface area contributed by atoms with Crippen LogP contribution < -0.4 is 5.32 Å². The first-order valence-electron chi connectivity index (χ1n) is 5.59. The van der Waals surface area contributed by atoms with Crippen LogP contribution in [0.25, 0.3) is 0 Å². The van der Waals surface area contributed by atoms with E-state index in [0.29, 0.717) is 6.42 Å². The topological polar surface area (TPSA) is 121 Å². The molecule has 0 radical (unpaired) electrons. The highest BCUT2D eigenvalue weighted by Crippen LogP contribution is 2.05. The van der Waals surface area contributed by atoms with Gasteiger partial charge in [-0.05, 0) is 18.8 Å². The molecule has 0 heterocycles. The second kappa shape index (κ2) is 7.32. The first-order chi connectivity index (χ1) is 8.11. The number of amides is 1. The number of carbonyl (C=O) groups excluding carboxylic acids is 1. The van der Waals surface area contributed by atoms with Crippen LogP contribution in [0.5, 0.6) is 0 Å². The summed E-state index contributed by atoms with van der Waals surface area (Å²) in [6, 6.07) is -0.969. The SMILES string of the molecule is CC(C)C[C@H](NC(=O)CCCS(=O)(=O)O)C(=O)O. The summed E-state index contributed by atoms with van der Waals surface area (Å²) in [5, 5.41) is 11.2. The Morgan fingerprint density at radius 1 is 1.28 bits per heavy atom. The minimum Gasteiger partial charge on any atom is -0.480 e. The van der Waals surface area contributed by atoms with Gasteiger partial charge in [0.25, 0.3) is 10.1 Å². The number of carbonyl (C=O) groups is 2. The Balaban J connectivity index is 4.15. The molecule has 0 aliphatic carbocycles. The van der Waals surface area contributed by atoms with E-state index < -0.39 is 33.8 Å². The Morgan fingerprint density at radius 2 is 1.83 bits per heavy atom. The minimum atomic E-state index is -4.08. The van der Waals surface area contributed by atoms with E-state index in [1.165, 1.54) is 0 Å². The molecule has 106 valence electrons. The molecule has 7 nitrogen and oxygen atoms in total. The zero-order chi connectivity index (χ0) is 14.3. The van der Waals surface area contributed by atoms with E-state index in [2.05, 4.69) is 5.32 Å². The van der Waals surface area contributed by atoms with Crippen LogP contribution in [-0.2, 0) is 19.7 Å². The lowest BCUT2D eigenvalue weighted by atomic mass is 10.0. The van der Waals surface area contributed by atoms with Crippen molar-refractivity contribution in [3.63, 3.8) is 0 Å². The largest absolute Gasteiger partial charge is 0.480 e. The summed E-state index contributed by atoms with van der Waals surface area (Å²) in [7, 11) is -4.08. The minimum absolute atomic E-state index is 0.0430. The molecule has 1 amide bonds. The highest BCUT2D eigenvalue weighted by Gasteiger charge is 2.20. The van der Waals surface area contributed by atoms with Crippen LogP contribution in [0.2, 0.25) is 0 Å². The fourth-order valence-electron chi connectivity index (χ4n) is 1.37. The lowest BCUT2D eigenvalue weighted by molar-refractivity contribution is -0.142. The van der Waals surface area contributed by atoms with Crippen molar-refractivity contribution in [2.24, 2.45) is 5.92 Å². The Kier molecular flexibility index (Phi) is 6.85. The predicted octanol–water partition coefficient (Wildman–Crippen LogP) is 0.270. The number of carboxylic acid groups (broad SMARTS) is 1. The van der Waals surface area contributed by atoms with Crippen molar-refractivity contribution in [2.75, 3.05) is 5.75 Å². The Labute approximate surface area is 106 Å². The number of nitrogens with one attached hydrogen (secondary N) is 1. The van der Waals surface area contributed by atoms with E-state index in [-0.39, 0.29) is 18.8 Å². The van der Waals surface area contributed by atoms with Gasteiger partial charge in [0.2, 0.25) is 5.91 Å².